The summed E-state index contributed by atoms with van der Waals surface area (Å²) in [5.74, 6) is -0.774. The van der Waals surface area contributed by atoms with Crippen molar-refractivity contribution in [2.75, 3.05) is 26.2 Å². The summed E-state index contributed by atoms with van der Waals surface area (Å²) in [6, 6.07) is 0. The SMILES string of the molecule is C=CCN(CC(F)(F)F)C(=O)C1CCNC1.Cl. The number of carbonyl (C=O) groups excluding carboxylic acids is 1. The maximum atomic E-state index is 12.2. The quantitative estimate of drug-likeness (QED) is 0.789. The fourth-order valence-corrected chi connectivity index (χ4v) is 1.73. The Labute approximate surface area is 104 Å². The van der Waals surface area contributed by atoms with E-state index in [1.165, 1.54) is 6.08 Å². The van der Waals surface area contributed by atoms with Gasteiger partial charge in [0.15, 0.2) is 0 Å². The van der Waals surface area contributed by atoms with Crippen LogP contribution >= 0.6 is 12.4 Å². The van der Waals surface area contributed by atoms with Gasteiger partial charge >= 0.3 is 6.18 Å². The lowest BCUT2D eigenvalue weighted by atomic mass is 10.1. The Bertz CT molecular complexity index is 265. The van der Waals surface area contributed by atoms with Crippen molar-refractivity contribution >= 4 is 18.3 Å². The average Bonchev–Trinajstić information content (AvgIpc) is 2.66. The monoisotopic (exact) mass is 272 g/mol. The summed E-state index contributed by atoms with van der Waals surface area (Å²) in [5.41, 5.74) is 0. The van der Waals surface area contributed by atoms with Gasteiger partial charge < -0.3 is 10.2 Å². The van der Waals surface area contributed by atoms with Crippen LogP contribution in [0.5, 0.6) is 0 Å². The van der Waals surface area contributed by atoms with Crippen molar-refractivity contribution in [2.24, 2.45) is 5.92 Å². The molecule has 1 fully saturated rings. The van der Waals surface area contributed by atoms with Crippen LogP contribution in [-0.4, -0.2) is 43.2 Å². The molecule has 0 saturated carbocycles. The van der Waals surface area contributed by atoms with E-state index < -0.39 is 18.6 Å². The van der Waals surface area contributed by atoms with Gasteiger partial charge in [-0.1, -0.05) is 6.08 Å². The highest BCUT2D eigenvalue weighted by Crippen LogP contribution is 2.19. The highest BCUT2D eigenvalue weighted by Gasteiger charge is 2.35. The van der Waals surface area contributed by atoms with Gasteiger partial charge in [-0.15, -0.1) is 19.0 Å². The second-order valence-electron chi connectivity index (χ2n) is 3.81. The topological polar surface area (TPSA) is 32.3 Å². The van der Waals surface area contributed by atoms with Gasteiger partial charge in [-0.25, -0.2) is 0 Å². The van der Waals surface area contributed by atoms with Gasteiger partial charge in [0.25, 0.3) is 0 Å². The first-order valence-corrected chi connectivity index (χ1v) is 5.11. The molecule has 1 heterocycles. The largest absolute Gasteiger partial charge is 0.406 e. The molecule has 3 nitrogen and oxygen atoms in total. The van der Waals surface area contributed by atoms with Gasteiger partial charge in [-0.05, 0) is 13.0 Å². The van der Waals surface area contributed by atoms with Crippen LogP contribution in [0.25, 0.3) is 0 Å². The molecule has 0 radical (unpaired) electrons. The maximum Gasteiger partial charge on any atom is 0.406 e. The molecule has 17 heavy (non-hydrogen) atoms. The highest BCUT2D eigenvalue weighted by molar-refractivity contribution is 5.85. The summed E-state index contributed by atoms with van der Waals surface area (Å²) in [5, 5.41) is 2.96. The Hall–Kier alpha value is -0.750. The summed E-state index contributed by atoms with van der Waals surface area (Å²) < 4.78 is 36.7. The smallest absolute Gasteiger partial charge is 0.330 e. The van der Waals surface area contributed by atoms with Crippen molar-refractivity contribution in [3.05, 3.63) is 12.7 Å². The molecule has 1 rings (SSSR count). The first-order valence-electron chi connectivity index (χ1n) is 5.11. The molecule has 0 spiro atoms. The molecule has 0 bridgehead atoms. The predicted molar refractivity (Wildman–Crippen MR) is 61.1 cm³/mol. The van der Waals surface area contributed by atoms with Gasteiger partial charge in [0.05, 0.1) is 5.92 Å². The van der Waals surface area contributed by atoms with Crippen LogP contribution in [0.2, 0.25) is 0 Å². The van der Waals surface area contributed by atoms with E-state index in [1.807, 2.05) is 0 Å². The van der Waals surface area contributed by atoms with E-state index in [0.717, 1.165) is 4.90 Å². The third kappa shape index (κ3) is 5.41. The maximum absolute atomic E-state index is 12.2. The Morgan fingerprint density at radius 3 is 2.59 bits per heavy atom. The lowest BCUT2D eigenvalue weighted by Gasteiger charge is -2.25. The summed E-state index contributed by atoms with van der Waals surface area (Å²) in [7, 11) is 0. The van der Waals surface area contributed by atoms with Crippen LogP contribution in [0.3, 0.4) is 0 Å². The number of amides is 1. The van der Waals surface area contributed by atoms with Crippen LogP contribution in [-0.2, 0) is 4.79 Å². The van der Waals surface area contributed by atoms with Gasteiger partial charge in [0.2, 0.25) is 5.91 Å². The minimum Gasteiger partial charge on any atom is -0.330 e. The molecule has 1 saturated heterocycles. The van der Waals surface area contributed by atoms with E-state index in [9.17, 15) is 18.0 Å². The zero-order valence-electron chi connectivity index (χ0n) is 9.29. The molecular formula is C10H16ClF3N2O. The fourth-order valence-electron chi connectivity index (χ4n) is 1.73. The third-order valence-corrected chi connectivity index (χ3v) is 2.44. The van der Waals surface area contributed by atoms with E-state index in [1.54, 1.807) is 0 Å². The first-order chi connectivity index (χ1) is 7.44. The van der Waals surface area contributed by atoms with Crippen LogP contribution in [0.15, 0.2) is 12.7 Å². The normalized spacial score (nSPS) is 19.6. The first kappa shape index (κ1) is 16.2. The second kappa shape index (κ2) is 6.86. The molecule has 1 unspecified atom stereocenters. The summed E-state index contributed by atoms with van der Waals surface area (Å²) >= 11 is 0. The molecule has 100 valence electrons. The van der Waals surface area contributed by atoms with Crippen molar-refractivity contribution in [2.45, 2.75) is 12.6 Å². The molecule has 1 atom stereocenters. The van der Waals surface area contributed by atoms with Gasteiger partial charge in [-0.2, -0.15) is 13.2 Å². The number of halogens is 4. The Morgan fingerprint density at radius 2 is 2.18 bits per heavy atom. The van der Waals surface area contributed by atoms with E-state index in [2.05, 4.69) is 11.9 Å². The van der Waals surface area contributed by atoms with Gasteiger partial charge in [-0.3, -0.25) is 4.79 Å². The number of alkyl halides is 3. The predicted octanol–water partition coefficient (Wildman–Crippen LogP) is 1.59. The van der Waals surface area contributed by atoms with Crippen LogP contribution in [0.1, 0.15) is 6.42 Å². The Balaban J connectivity index is 0.00000256. The van der Waals surface area contributed by atoms with Crippen LogP contribution in [0.4, 0.5) is 13.2 Å². The van der Waals surface area contributed by atoms with Crippen molar-refractivity contribution in [1.82, 2.24) is 10.2 Å². The summed E-state index contributed by atoms with van der Waals surface area (Å²) in [6.45, 7) is 3.25. The molecule has 0 aliphatic carbocycles. The van der Waals surface area contributed by atoms with E-state index in [4.69, 9.17) is 0 Å². The standard InChI is InChI=1S/C10H15F3N2O.ClH/c1-2-5-15(7-10(11,12)13)9(16)8-3-4-14-6-8;/h2,8,14H,1,3-7H2;1H. The Kier molecular flexibility index (Phi) is 6.56. The lowest BCUT2D eigenvalue weighted by Crippen LogP contribution is -2.42. The van der Waals surface area contributed by atoms with Gasteiger partial charge in [0.1, 0.15) is 6.54 Å². The molecule has 1 N–H and O–H groups in total. The van der Waals surface area contributed by atoms with Crippen LogP contribution in [0, 0.1) is 5.92 Å². The molecule has 1 aliphatic heterocycles. The molecular weight excluding hydrogens is 257 g/mol. The average molecular weight is 273 g/mol. The van der Waals surface area contributed by atoms with E-state index >= 15 is 0 Å². The van der Waals surface area contributed by atoms with Crippen molar-refractivity contribution in [3.8, 4) is 0 Å². The lowest BCUT2D eigenvalue weighted by molar-refractivity contribution is -0.162. The third-order valence-electron chi connectivity index (χ3n) is 2.44. The number of carbonyl (C=O) groups is 1. The summed E-state index contributed by atoms with van der Waals surface area (Å²) in [6.07, 6.45) is -2.44. The van der Waals surface area contributed by atoms with Crippen molar-refractivity contribution in [3.63, 3.8) is 0 Å². The minimum absolute atomic E-state index is 0. The van der Waals surface area contributed by atoms with Crippen LogP contribution < -0.4 is 5.32 Å². The summed E-state index contributed by atoms with van der Waals surface area (Å²) in [4.78, 5) is 12.6. The molecule has 0 aromatic carbocycles. The number of hydrogen-bond acceptors (Lipinski definition) is 2. The minimum atomic E-state index is -4.36. The number of hydrogen-bond donors (Lipinski definition) is 1. The second-order valence-corrected chi connectivity index (χ2v) is 3.81. The molecule has 1 amide bonds. The zero-order valence-corrected chi connectivity index (χ0v) is 10.1. The number of nitrogens with zero attached hydrogens (tertiary/aromatic N) is 1. The highest BCUT2D eigenvalue weighted by atomic mass is 35.5. The number of nitrogens with one attached hydrogen (secondary N) is 1. The molecule has 0 aromatic rings. The van der Waals surface area contributed by atoms with E-state index in [0.29, 0.717) is 19.5 Å². The molecule has 1 aliphatic rings. The fraction of sp³-hybridized carbons (Fsp3) is 0.700. The van der Waals surface area contributed by atoms with Crippen molar-refractivity contribution < 1.29 is 18.0 Å². The van der Waals surface area contributed by atoms with Crippen molar-refractivity contribution in [1.29, 1.82) is 0 Å². The molecule has 0 aromatic heterocycles. The van der Waals surface area contributed by atoms with E-state index in [-0.39, 0.29) is 24.9 Å². The molecule has 7 heteroatoms. The Morgan fingerprint density at radius 1 is 1.53 bits per heavy atom. The number of rotatable bonds is 4. The van der Waals surface area contributed by atoms with Gasteiger partial charge in [0, 0.05) is 13.1 Å². The zero-order chi connectivity index (χ0) is 12.2.